The second-order valence-electron chi connectivity index (χ2n) is 9.12. The van der Waals surface area contributed by atoms with Gasteiger partial charge in [0, 0.05) is 35.9 Å². The zero-order valence-electron chi connectivity index (χ0n) is 18.8. The maximum absolute atomic E-state index is 13.5. The summed E-state index contributed by atoms with van der Waals surface area (Å²) in [6.45, 7) is 0. The van der Waals surface area contributed by atoms with Crippen LogP contribution in [0.3, 0.4) is 0 Å². The highest BCUT2D eigenvalue weighted by Gasteiger charge is 2.38. The number of anilines is 2. The molecule has 0 radical (unpaired) electrons. The van der Waals surface area contributed by atoms with Gasteiger partial charge in [0.1, 0.15) is 11.4 Å². The number of rotatable bonds is 6. The quantitative estimate of drug-likeness (QED) is 0.402. The van der Waals surface area contributed by atoms with Gasteiger partial charge in [0.15, 0.2) is 7.14 Å². The highest BCUT2D eigenvalue weighted by molar-refractivity contribution is 7.77. The molecule has 35 heavy (non-hydrogen) atoms. The van der Waals surface area contributed by atoms with Gasteiger partial charge in [-0.1, -0.05) is 0 Å². The number of nitrogens with one attached hydrogen (secondary N) is 2. The Labute approximate surface area is 199 Å². The molecule has 0 saturated heterocycles. The van der Waals surface area contributed by atoms with Crippen molar-refractivity contribution in [1.82, 2.24) is 19.9 Å². The minimum Gasteiger partial charge on any atom is -0.495 e. The monoisotopic (exact) mass is 501 g/mol. The Morgan fingerprint density at radius 3 is 2.51 bits per heavy atom. The number of methoxy groups -OCH3 is 1. The van der Waals surface area contributed by atoms with E-state index in [1.54, 1.807) is 29.8 Å². The fourth-order valence-corrected chi connectivity index (χ4v) is 6.13. The number of H-pyrrole nitrogens is 1. The Hall–Kier alpha value is -3.26. The number of halogens is 3. The normalized spacial score (nSPS) is 19.4. The molecule has 1 aliphatic heterocycles. The Morgan fingerprint density at radius 2 is 1.89 bits per heavy atom. The summed E-state index contributed by atoms with van der Waals surface area (Å²) < 4.78 is 59.6. The molecule has 0 bridgehead atoms. The molecular weight excluding hydrogens is 478 g/mol. The molecule has 3 aliphatic rings. The van der Waals surface area contributed by atoms with Gasteiger partial charge in [-0.2, -0.15) is 18.2 Å². The minimum absolute atomic E-state index is 0.0209. The molecule has 11 heteroatoms. The number of hydrogen-bond acceptors (Lipinski definition) is 6. The van der Waals surface area contributed by atoms with Crippen molar-refractivity contribution < 1.29 is 22.5 Å². The molecule has 2 aromatic heterocycles. The van der Waals surface area contributed by atoms with Crippen molar-refractivity contribution in [1.29, 1.82) is 0 Å². The highest BCUT2D eigenvalue weighted by Crippen LogP contribution is 2.52. The van der Waals surface area contributed by atoms with E-state index in [9.17, 15) is 17.7 Å². The molecule has 6 rings (SSSR count). The van der Waals surface area contributed by atoms with Crippen LogP contribution in [0.25, 0.3) is 11.0 Å². The van der Waals surface area contributed by atoms with E-state index in [2.05, 4.69) is 25.2 Å². The van der Waals surface area contributed by atoms with Gasteiger partial charge in [0.05, 0.1) is 29.4 Å². The third kappa shape index (κ3) is 4.10. The first-order valence-electron chi connectivity index (χ1n) is 11.4. The lowest BCUT2D eigenvalue weighted by atomic mass is 10.1. The van der Waals surface area contributed by atoms with E-state index in [-0.39, 0.29) is 22.9 Å². The Kier molecular flexibility index (Phi) is 5.00. The molecule has 2 N–H and O–H groups in total. The van der Waals surface area contributed by atoms with Crippen molar-refractivity contribution in [2.75, 3.05) is 12.4 Å². The molecule has 0 atom stereocenters. The van der Waals surface area contributed by atoms with Crippen LogP contribution in [0.4, 0.5) is 24.8 Å². The maximum Gasteiger partial charge on any atom is 0.418 e. The number of hydrogen-bond donors (Lipinski definition) is 2. The van der Waals surface area contributed by atoms with Crippen molar-refractivity contribution in [2.45, 2.75) is 43.8 Å². The van der Waals surface area contributed by atoms with E-state index in [1.807, 2.05) is 12.4 Å². The number of nitrogens with zero attached hydrogens (tertiary/aromatic N) is 3. The van der Waals surface area contributed by atoms with Gasteiger partial charge in [-0.05, 0) is 55.5 Å². The fraction of sp³-hybridized carbons (Fsp3) is 0.333. The summed E-state index contributed by atoms with van der Waals surface area (Å²) in [6, 6.07) is 5.69. The summed E-state index contributed by atoms with van der Waals surface area (Å²) in [5.74, 6) is 4.08. The molecule has 2 saturated carbocycles. The predicted molar refractivity (Wildman–Crippen MR) is 128 cm³/mol. The second kappa shape index (κ2) is 7.88. The van der Waals surface area contributed by atoms with Gasteiger partial charge in [0.2, 0.25) is 5.95 Å². The lowest BCUT2D eigenvalue weighted by Crippen LogP contribution is -2.15. The summed E-state index contributed by atoms with van der Waals surface area (Å²) >= 11 is 0. The average Bonchev–Trinajstić information content (AvgIpc) is 3.76. The highest BCUT2D eigenvalue weighted by atomic mass is 31.2. The van der Waals surface area contributed by atoms with E-state index >= 15 is 0 Å². The number of ether oxygens (including phenoxy) is 1. The van der Waals surface area contributed by atoms with Crippen LogP contribution in [0.15, 0.2) is 48.4 Å². The molecule has 2 fully saturated rings. The number of alkyl halides is 3. The van der Waals surface area contributed by atoms with E-state index in [1.165, 1.54) is 7.11 Å². The predicted octanol–water partition coefficient (Wildman–Crippen LogP) is 6.02. The fourth-order valence-electron chi connectivity index (χ4n) is 4.35. The molecule has 7 nitrogen and oxygen atoms in total. The van der Waals surface area contributed by atoms with Crippen molar-refractivity contribution in [3.8, 4) is 5.75 Å². The van der Waals surface area contributed by atoms with E-state index < -0.39 is 18.9 Å². The third-order valence-electron chi connectivity index (χ3n) is 6.55. The van der Waals surface area contributed by atoms with Crippen LogP contribution in [-0.4, -0.2) is 33.0 Å². The first-order valence-corrected chi connectivity index (χ1v) is 13.3. The molecular formula is C24H23F3N5O2P. The first-order chi connectivity index (χ1) is 16.7. The molecule has 3 aromatic rings. The number of aromatic nitrogens is 3. The zero-order valence-corrected chi connectivity index (χ0v) is 19.7. The van der Waals surface area contributed by atoms with Crippen LogP contribution in [0.5, 0.6) is 5.75 Å². The van der Waals surface area contributed by atoms with Crippen LogP contribution in [0, 0.1) is 0 Å². The third-order valence-corrected chi connectivity index (χ3v) is 8.79. The second-order valence-corrected chi connectivity index (χ2v) is 11.7. The van der Waals surface area contributed by atoms with Gasteiger partial charge < -0.3 is 24.5 Å². The molecule has 0 amide bonds. The summed E-state index contributed by atoms with van der Waals surface area (Å²) in [7, 11) is -1.37. The summed E-state index contributed by atoms with van der Waals surface area (Å²) in [6.07, 6.45) is 4.08. The standard InChI is InChI=1S/C24H23F3N5O2P/c1-34-19-12-16(35(33)10-8-32(9-11-35)15-4-5-15)6-7-18(19)29-23-30-21(14-2-3-14)20-17(24(25,26)27)13-28-22(20)31-23/h6-15H,2-5H2,1H3,(H2,28,29,30,31). The number of fused-ring (bicyclic) bond motifs is 1. The van der Waals surface area contributed by atoms with E-state index in [0.717, 1.165) is 31.9 Å². The van der Waals surface area contributed by atoms with Crippen molar-refractivity contribution >= 4 is 35.1 Å². The Bertz CT molecular complexity index is 1400. The first kappa shape index (κ1) is 22.2. The topological polar surface area (TPSA) is 83.1 Å². The van der Waals surface area contributed by atoms with Crippen LogP contribution in [0.1, 0.15) is 42.9 Å². The van der Waals surface area contributed by atoms with E-state index in [0.29, 0.717) is 28.5 Å². The lowest BCUT2D eigenvalue weighted by Gasteiger charge is -2.22. The average molecular weight is 501 g/mol. The zero-order chi connectivity index (χ0) is 24.4. The van der Waals surface area contributed by atoms with Gasteiger partial charge >= 0.3 is 6.18 Å². The van der Waals surface area contributed by atoms with Crippen LogP contribution in [-0.2, 0) is 10.7 Å². The van der Waals surface area contributed by atoms with E-state index in [4.69, 9.17) is 4.74 Å². The maximum atomic E-state index is 13.5. The lowest BCUT2D eigenvalue weighted by molar-refractivity contribution is -0.136. The van der Waals surface area contributed by atoms with Crippen LogP contribution < -0.4 is 15.4 Å². The largest absolute Gasteiger partial charge is 0.495 e. The van der Waals surface area contributed by atoms with Crippen LogP contribution >= 0.6 is 7.14 Å². The summed E-state index contributed by atoms with van der Waals surface area (Å²) in [5, 5.41) is 3.73. The molecule has 2 aliphatic carbocycles. The smallest absolute Gasteiger partial charge is 0.418 e. The molecule has 0 spiro atoms. The van der Waals surface area contributed by atoms with Gasteiger partial charge in [-0.15, -0.1) is 0 Å². The molecule has 182 valence electrons. The Morgan fingerprint density at radius 1 is 1.14 bits per heavy atom. The van der Waals surface area contributed by atoms with Gasteiger partial charge in [0.25, 0.3) is 0 Å². The molecule has 3 heterocycles. The van der Waals surface area contributed by atoms with Gasteiger partial charge in [-0.25, -0.2) is 4.98 Å². The summed E-state index contributed by atoms with van der Waals surface area (Å²) in [4.78, 5) is 13.5. The molecule has 0 unspecified atom stereocenters. The Balaban J connectivity index is 1.32. The van der Waals surface area contributed by atoms with Crippen molar-refractivity contribution in [2.24, 2.45) is 0 Å². The van der Waals surface area contributed by atoms with Crippen molar-refractivity contribution in [3.63, 3.8) is 0 Å². The number of benzene rings is 1. The van der Waals surface area contributed by atoms with Crippen LogP contribution in [0.2, 0.25) is 0 Å². The SMILES string of the molecule is COc1cc(P2(=O)C=CN(C3CC3)C=C2)ccc1Nc1nc(C2CC2)c2c(C(F)(F)F)c[nH]c2n1. The van der Waals surface area contributed by atoms with Gasteiger partial charge in [-0.3, -0.25) is 0 Å². The number of aromatic amines is 1. The molecule has 1 aromatic carbocycles. The minimum atomic E-state index is -4.49. The summed E-state index contributed by atoms with van der Waals surface area (Å²) in [5.41, 5.74) is 0.302. The van der Waals surface area contributed by atoms with Crippen molar-refractivity contribution in [3.05, 3.63) is 59.7 Å².